The third-order valence-corrected chi connectivity index (χ3v) is 10.1. The Morgan fingerprint density at radius 2 is 0.648 bits per heavy atom. The topological polar surface area (TPSA) is 92.1 Å². The second kappa shape index (κ2) is 12.5. The van der Waals surface area contributed by atoms with Gasteiger partial charge in [-0.2, -0.15) is 0 Å². The molecule has 0 radical (unpaired) electrons. The quantitative estimate of drug-likeness (QED) is 0.172. The van der Waals surface area contributed by atoms with Gasteiger partial charge in [0.05, 0.1) is 33.6 Å². The lowest BCUT2D eigenvalue weighted by Crippen LogP contribution is -2.03. The molecule has 0 atom stereocenters. The molecule has 0 saturated carbocycles. The Bertz CT molecular complexity index is 2720. The molecule has 0 saturated heterocycles. The average molecular weight is 700 g/mol. The van der Waals surface area contributed by atoms with Crippen LogP contribution in [0.5, 0.6) is 0 Å². The summed E-state index contributed by atoms with van der Waals surface area (Å²) in [6.07, 6.45) is 5.37. The van der Waals surface area contributed by atoms with Crippen molar-refractivity contribution >= 4 is 33.5 Å². The summed E-state index contributed by atoms with van der Waals surface area (Å²) in [7, 11) is 0. The van der Waals surface area contributed by atoms with Crippen LogP contribution in [0.15, 0.2) is 146 Å². The molecule has 54 heavy (non-hydrogen) atoms. The third kappa shape index (κ3) is 5.01. The molecule has 0 amide bonds. The molecule has 0 fully saturated rings. The van der Waals surface area contributed by atoms with Gasteiger partial charge in [0.15, 0.2) is 16.9 Å². The fraction of sp³-hybridized carbons (Fsp3) is 0.0667. The minimum atomic E-state index is 0.662. The van der Waals surface area contributed by atoms with Gasteiger partial charge in [-0.1, -0.05) is 54.6 Å². The zero-order valence-electron chi connectivity index (χ0n) is 29.9. The Morgan fingerprint density at radius 1 is 0.352 bits per heavy atom. The number of aryl methyl sites for hydroxylation is 3. The normalized spacial score (nSPS) is 11.6. The smallest absolute Gasteiger partial charge is 0.178 e. The van der Waals surface area contributed by atoms with E-state index in [1.54, 1.807) is 18.6 Å². The van der Waals surface area contributed by atoms with Gasteiger partial charge in [-0.25, -0.2) is 29.9 Å². The molecule has 0 aliphatic heterocycles. The predicted molar refractivity (Wildman–Crippen MR) is 214 cm³/mol. The maximum Gasteiger partial charge on any atom is 0.178 e. The summed E-state index contributed by atoms with van der Waals surface area (Å²) in [4.78, 5) is 29.8. The van der Waals surface area contributed by atoms with Crippen LogP contribution in [-0.2, 0) is 0 Å². The molecule has 10 rings (SSSR count). The molecule has 4 aromatic carbocycles. The maximum atomic E-state index is 5.22. The summed E-state index contributed by atoms with van der Waals surface area (Å²) >= 11 is 0. The molecule has 0 spiro atoms. The van der Waals surface area contributed by atoms with Crippen LogP contribution in [-0.4, -0.2) is 43.6 Å². The summed E-state index contributed by atoms with van der Waals surface area (Å²) < 4.78 is 6.62. The monoisotopic (exact) mass is 699 g/mol. The highest BCUT2D eigenvalue weighted by Crippen LogP contribution is 2.39. The van der Waals surface area contributed by atoms with E-state index in [1.807, 2.05) is 18.2 Å². The zero-order valence-corrected chi connectivity index (χ0v) is 29.9. The van der Waals surface area contributed by atoms with Gasteiger partial charge in [0, 0.05) is 35.3 Å². The van der Waals surface area contributed by atoms with Crippen molar-refractivity contribution in [3.05, 3.63) is 163 Å². The number of hydrogen-bond acceptors (Lipinski definition) is 6. The molecule has 6 aromatic heterocycles. The van der Waals surface area contributed by atoms with Crippen LogP contribution in [0.25, 0.3) is 84.7 Å². The number of fused-ring (bicyclic) bond motifs is 3. The van der Waals surface area contributed by atoms with Gasteiger partial charge in [0.25, 0.3) is 0 Å². The van der Waals surface area contributed by atoms with Crippen molar-refractivity contribution in [2.45, 2.75) is 20.8 Å². The van der Waals surface area contributed by atoms with Gasteiger partial charge in [-0.3, -0.25) is 13.7 Å². The average Bonchev–Trinajstić information content (AvgIpc) is 3.91. The van der Waals surface area contributed by atoms with Gasteiger partial charge in [-0.15, -0.1) is 0 Å². The third-order valence-electron chi connectivity index (χ3n) is 10.1. The Balaban J connectivity index is 1.33. The first-order valence-electron chi connectivity index (χ1n) is 17.9. The Morgan fingerprint density at radius 3 is 0.944 bits per heavy atom. The zero-order chi connectivity index (χ0) is 36.3. The molecule has 0 bridgehead atoms. The van der Waals surface area contributed by atoms with Crippen molar-refractivity contribution in [3.8, 4) is 51.2 Å². The molecular formula is C45H33N9. The number of imidazole rings is 3. The number of pyridine rings is 3. The van der Waals surface area contributed by atoms with E-state index >= 15 is 0 Å². The van der Waals surface area contributed by atoms with E-state index in [4.69, 9.17) is 29.9 Å². The summed E-state index contributed by atoms with van der Waals surface area (Å²) in [5, 5.41) is 0. The van der Waals surface area contributed by atoms with Crippen molar-refractivity contribution < 1.29 is 0 Å². The minimum absolute atomic E-state index is 0.662. The van der Waals surface area contributed by atoms with Crippen LogP contribution < -0.4 is 0 Å². The Hall–Kier alpha value is -7.26. The number of hydrogen-bond donors (Lipinski definition) is 0. The molecule has 0 aliphatic rings. The maximum absolute atomic E-state index is 5.22. The number of para-hydroxylation sites is 3. The molecule has 258 valence electrons. The highest BCUT2D eigenvalue weighted by Gasteiger charge is 2.24. The van der Waals surface area contributed by atoms with Gasteiger partial charge in [0.1, 0.15) is 17.5 Å². The number of nitrogens with zero attached hydrogens (tertiary/aromatic N) is 9. The van der Waals surface area contributed by atoms with Crippen LogP contribution in [0, 0.1) is 20.8 Å². The lowest BCUT2D eigenvalue weighted by molar-refractivity contribution is 1.07. The highest BCUT2D eigenvalue weighted by molar-refractivity contribution is 5.88. The van der Waals surface area contributed by atoms with Crippen molar-refractivity contribution in [1.29, 1.82) is 0 Å². The van der Waals surface area contributed by atoms with Gasteiger partial charge < -0.3 is 0 Å². The van der Waals surface area contributed by atoms with Gasteiger partial charge in [-0.05, 0) is 110 Å². The lowest BCUT2D eigenvalue weighted by Gasteiger charge is -2.17. The second-order valence-corrected chi connectivity index (χ2v) is 13.5. The largest absolute Gasteiger partial charge is 0.290 e. The van der Waals surface area contributed by atoms with E-state index < -0.39 is 0 Å². The Labute approximate surface area is 310 Å². The summed E-state index contributed by atoms with van der Waals surface area (Å²) in [5.74, 6) is 2.28. The second-order valence-electron chi connectivity index (χ2n) is 13.5. The number of rotatable bonds is 6. The van der Waals surface area contributed by atoms with Gasteiger partial charge >= 0.3 is 0 Å². The molecule has 10 aromatic rings. The predicted octanol–water partition coefficient (Wildman–Crippen LogP) is 9.81. The molecule has 9 nitrogen and oxygen atoms in total. The highest BCUT2D eigenvalue weighted by atomic mass is 15.1. The molecular weight excluding hydrogens is 667 g/mol. The van der Waals surface area contributed by atoms with Gasteiger partial charge in [0.2, 0.25) is 0 Å². The summed E-state index contributed by atoms with van der Waals surface area (Å²) in [6.45, 7) is 6.37. The number of benzene rings is 4. The van der Waals surface area contributed by atoms with E-state index in [0.29, 0.717) is 16.9 Å². The fourth-order valence-electron chi connectivity index (χ4n) is 7.51. The van der Waals surface area contributed by atoms with E-state index in [0.717, 1.165) is 84.5 Å². The summed E-state index contributed by atoms with van der Waals surface area (Å²) in [5.41, 5.74) is 13.9. The van der Waals surface area contributed by atoms with Crippen LogP contribution in [0.1, 0.15) is 16.7 Å². The van der Waals surface area contributed by atoms with E-state index in [2.05, 4.69) is 144 Å². The minimum Gasteiger partial charge on any atom is -0.290 e. The molecule has 6 heterocycles. The van der Waals surface area contributed by atoms with Crippen molar-refractivity contribution in [2.75, 3.05) is 0 Å². The van der Waals surface area contributed by atoms with Crippen molar-refractivity contribution in [1.82, 2.24) is 43.6 Å². The van der Waals surface area contributed by atoms with Crippen LogP contribution >= 0.6 is 0 Å². The van der Waals surface area contributed by atoms with Crippen LogP contribution in [0.4, 0.5) is 0 Å². The van der Waals surface area contributed by atoms with Crippen LogP contribution in [0.2, 0.25) is 0 Å². The van der Waals surface area contributed by atoms with Crippen LogP contribution in [0.3, 0.4) is 0 Å². The number of aromatic nitrogens is 9. The van der Waals surface area contributed by atoms with Crippen molar-refractivity contribution in [2.24, 2.45) is 0 Å². The molecule has 0 N–H and O–H groups in total. The SMILES string of the molecule is Cc1ccccc1-n1c(-c2cc(-c3nc4ncccc4n3-c3ccccc3C)cc(-c3nc4ncccc4n3-c3ccccc3C)c2)nc2ncccc21. The van der Waals surface area contributed by atoms with E-state index in [-0.39, 0.29) is 0 Å². The first kappa shape index (κ1) is 31.5. The Kier molecular flexibility index (Phi) is 7.26. The first-order chi connectivity index (χ1) is 26.5. The molecule has 0 unspecified atom stereocenters. The van der Waals surface area contributed by atoms with E-state index in [9.17, 15) is 0 Å². The standard InChI is InChI=1S/C45H33N9/c1-28-13-4-7-16-34(28)52-37-19-10-22-46-40(37)49-43(52)31-25-32(44-50-41-38(20-11-23-47-41)53(44)35-17-8-5-14-29(35)2)27-33(26-31)45-51-42-39(21-12-24-48-42)54(45)36-18-9-6-15-30(36)3/h4-27H,1-3H3. The van der Waals surface area contributed by atoms with E-state index in [1.165, 1.54) is 0 Å². The fourth-order valence-corrected chi connectivity index (χ4v) is 7.51. The molecule has 9 heteroatoms. The first-order valence-corrected chi connectivity index (χ1v) is 17.9. The molecule has 0 aliphatic carbocycles. The van der Waals surface area contributed by atoms with Crippen molar-refractivity contribution in [3.63, 3.8) is 0 Å². The summed E-state index contributed by atoms with van der Waals surface area (Å²) in [6, 6.07) is 43.7. The lowest BCUT2D eigenvalue weighted by atomic mass is 10.0.